The molecular formula is C25H35N3O4S. The van der Waals surface area contributed by atoms with Gasteiger partial charge in [-0.15, -0.1) is 0 Å². The first-order valence-corrected chi connectivity index (χ1v) is 13.4. The van der Waals surface area contributed by atoms with E-state index in [1.807, 2.05) is 32.0 Å². The fraction of sp³-hybridized carbons (Fsp3) is 0.560. The standard InChI is InChI=1S/C25H35N3O4S/c1-19-8-9-22(17-20(19)2)33(30,31)28-14-10-21(11-15-28)25(29)26-18-23(24-7-6-16-32-24)27-12-4-3-5-13-27/h6-9,16-17,21,23H,3-5,10-15,18H2,1-2H3,(H,26,29). The molecule has 0 aliphatic carbocycles. The number of piperidine rings is 2. The number of aryl methyl sites for hydroxylation is 2. The minimum absolute atomic E-state index is 0.00629. The fourth-order valence-electron chi connectivity index (χ4n) is 4.84. The molecule has 1 atom stereocenters. The molecule has 33 heavy (non-hydrogen) atoms. The van der Waals surface area contributed by atoms with Gasteiger partial charge in [0, 0.05) is 25.6 Å². The molecule has 2 aliphatic rings. The number of hydrogen-bond acceptors (Lipinski definition) is 5. The highest BCUT2D eigenvalue weighted by Crippen LogP contribution is 2.27. The number of hydrogen-bond donors (Lipinski definition) is 1. The van der Waals surface area contributed by atoms with E-state index in [9.17, 15) is 13.2 Å². The summed E-state index contributed by atoms with van der Waals surface area (Å²) in [5.41, 5.74) is 2.03. The quantitative estimate of drug-likeness (QED) is 0.664. The van der Waals surface area contributed by atoms with Gasteiger partial charge >= 0.3 is 0 Å². The third kappa shape index (κ3) is 5.50. The lowest BCUT2D eigenvalue weighted by Crippen LogP contribution is -2.45. The summed E-state index contributed by atoms with van der Waals surface area (Å²) in [7, 11) is -3.54. The Morgan fingerprint density at radius 2 is 1.79 bits per heavy atom. The first-order valence-electron chi connectivity index (χ1n) is 12.0. The van der Waals surface area contributed by atoms with Gasteiger partial charge in [0.25, 0.3) is 0 Å². The van der Waals surface area contributed by atoms with Gasteiger partial charge < -0.3 is 9.73 Å². The summed E-state index contributed by atoms with van der Waals surface area (Å²) >= 11 is 0. The smallest absolute Gasteiger partial charge is 0.243 e. The SMILES string of the molecule is Cc1ccc(S(=O)(=O)N2CCC(C(=O)NCC(c3ccco3)N3CCCCC3)CC2)cc1C. The summed E-state index contributed by atoms with van der Waals surface area (Å²) in [5.74, 6) is 0.716. The number of carbonyl (C=O) groups excluding carboxylic acids is 1. The van der Waals surface area contributed by atoms with E-state index in [0.717, 1.165) is 30.0 Å². The first-order chi connectivity index (χ1) is 15.9. The van der Waals surface area contributed by atoms with E-state index >= 15 is 0 Å². The van der Waals surface area contributed by atoms with Crippen molar-refractivity contribution in [3.63, 3.8) is 0 Å². The van der Waals surface area contributed by atoms with Crippen LogP contribution >= 0.6 is 0 Å². The van der Waals surface area contributed by atoms with Gasteiger partial charge in [-0.3, -0.25) is 9.69 Å². The molecule has 2 saturated heterocycles. The van der Waals surface area contributed by atoms with Gasteiger partial charge in [0.1, 0.15) is 5.76 Å². The van der Waals surface area contributed by atoms with Crippen molar-refractivity contribution in [2.24, 2.45) is 5.92 Å². The second-order valence-electron chi connectivity index (χ2n) is 9.30. The maximum Gasteiger partial charge on any atom is 0.243 e. The second-order valence-corrected chi connectivity index (χ2v) is 11.2. The number of carbonyl (C=O) groups is 1. The molecule has 0 saturated carbocycles. The van der Waals surface area contributed by atoms with Crippen molar-refractivity contribution in [2.75, 3.05) is 32.7 Å². The van der Waals surface area contributed by atoms with Gasteiger partial charge in [-0.2, -0.15) is 4.31 Å². The number of amides is 1. The summed E-state index contributed by atoms with van der Waals surface area (Å²) < 4.78 is 33.3. The van der Waals surface area contributed by atoms with Gasteiger partial charge in [0.05, 0.1) is 17.2 Å². The fourth-order valence-corrected chi connectivity index (χ4v) is 6.40. The molecule has 7 nitrogen and oxygen atoms in total. The summed E-state index contributed by atoms with van der Waals surface area (Å²) in [6.45, 7) is 7.14. The molecule has 2 aromatic rings. The molecule has 8 heteroatoms. The van der Waals surface area contributed by atoms with E-state index in [-0.39, 0.29) is 17.9 Å². The Morgan fingerprint density at radius 3 is 2.42 bits per heavy atom. The van der Waals surface area contributed by atoms with Gasteiger partial charge in [0.2, 0.25) is 15.9 Å². The number of nitrogens with zero attached hydrogens (tertiary/aromatic N) is 2. The largest absolute Gasteiger partial charge is 0.468 e. The molecule has 4 rings (SSSR count). The lowest BCUT2D eigenvalue weighted by atomic mass is 9.97. The van der Waals surface area contributed by atoms with Crippen LogP contribution in [0.25, 0.3) is 0 Å². The normalized spacial score (nSPS) is 19.9. The summed E-state index contributed by atoms with van der Waals surface area (Å²) in [5, 5.41) is 3.13. The van der Waals surface area contributed by atoms with Crippen molar-refractivity contribution in [1.29, 1.82) is 0 Å². The molecular weight excluding hydrogens is 438 g/mol. The van der Waals surface area contributed by atoms with E-state index in [1.165, 1.54) is 23.6 Å². The third-order valence-electron chi connectivity index (χ3n) is 7.11. The lowest BCUT2D eigenvalue weighted by Gasteiger charge is -2.34. The van der Waals surface area contributed by atoms with Crippen molar-refractivity contribution < 1.29 is 17.6 Å². The van der Waals surface area contributed by atoms with Crippen molar-refractivity contribution in [1.82, 2.24) is 14.5 Å². The number of furan rings is 1. The Balaban J connectivity index is 1.33. The number of likely N-dealkylation sites (tertiary alicyclic amines) is 1. The molecule has 0 bridgehead atoms. The van der Waals surface area contributed by atoms with Crippen LogP contribution < -0.4 is 5.32 Å². The van der Waals surface area contributed by atoms with E-state index < -0.39 is 10.0 Å². The number of nitrogens with one attached hydrogen (secondary N) is 1. The molecule has 1 aromatic heterocycles. The van der Waals surface area contributed by atoms with Gasteiger partial charge in [0.15, 0.2) is 0 Å². The van der Waals surface area contributed by atoms with Crippen LogP contribution in [0, 0.1) is 19.8 Å². The van der Waals surface area contributed by atoms with E-state index in [2.05, 4.69) is 10.2 Å². The van der Waals surface area contributed by atoms with E-state index in [0.29, 0.717) is 37.4 Å². The molecule has 0 radical (unpaired) electrons. The molecule has 2 fully saturated rings. The van der Waals surface area contributed by atoms with E-state index in [1.54, 1.807) is 18.4 Å². The first kappa shape index (κ1) is 24.0. The Kier molecular flexibility index (Phi) is 7.56. The predicted octanol–water partition coefficient (Wildman–Crippen LogP) is 3.64. The van der Waals surface area contributed by atoms with Crippen molar-refractivity contribution in [3.8, 4) is 0 Å². The van der Waals surface area contributed by atoms with Crippen molar-refractivity contribution >= 4 is 15.9 Å². The van der Waals surface area contributed by atoms with Gasteiger partial charge in [-0.25, -0.2) is 8.42 Å². The second kappa shape index (κ2) is 10.4. The molecule has 1 aromatic carbocycles. The summed E-state index contributed by atoms with van der Waals surface area (Å²) in [6, 6.07) is 9.15. The highest BCUT2D eigenvalue weighted by molar-refractivity contribution is 7.89. The zero-order valence-corrected chi connectivity index (χ0v) is 20.4. The zero-order chi connectivity index (χ0) is 23.4. The van der Waals surface area contributed by atoms with Crippen LogP contribution in [0.4, 0.5) is 0 Å². The summed E-state index contributed by atoms with van der Waals surface area (Å²) in [4.78, 5) is 15.7. The minimum atomic E-state index is -3.54. The van der Waals surface area contributed by atoms with Crippen LogP contribution in [0.15, 0.2) is 45.9 Å². The third-order valence-corrected chi connectivity index (χ3v) is 9.01. The van der Waals surface area contributed by atoms with Gasteiger partial charge in [-0.1, -0.05) is 12.5 Å². The average molecular weight is 474 g/mol. The Hall–Kier alpha value is -2.16. The Labute approximate surface area is 197 Å². The Bertz CT molecular complexity index is 1040. The average Bonchev–Trinajstić information content (AvgIpc) is 3.36. The van der Waals surface area contributed by atoms with Crippen LogP contribution in [0.1, 0.15) is 55.0 Å². The van der Waals surface area contributed by atoms with Crippen LogP contribution in [0.3, 0.4) is 0 Å². The molecule has 1 amide bonds. The number of benzene rings is 1. The molecule has 3 heterocycles. The monoisotopic (exact) mass is 473 g/mol. The van der Waals surface area contributed by atoms with Crippen LogP contribution in [-0.2, 0) is 14.8 Å². The number of sulfonamides is 1. The molecule has 2 aliphatic heterocycles. The minimum Gasteiger partial charge on any atom is -0.468 e. The molecule has 180 valence electrons. The maximum absolute atomic E-state index is 13.1. The predicted molar refractivity (Wildman–Crippen MR) is 127 cm³/mol. The van der Waals surface area contributed by atoms with Crippen LogP contribution in [0.2, 0.25) is 0 Å². The van der Waals surface area contributed by atoms with Crippen LogP contribution in [-0.4, -0.2) is 56.3 Å². The molecule has 0 spiro atoms. The molecule has 1 N–H and O–H groups in total. The number of rotatable bonds is 7. The zero-order valence-electron chi connectivity index (χ0n) is 19.6. The van der Waals surface area contributed by atoms with Crippen LogP contribution in [0.5, 0.6) is 0 Å². The lowest BCUT2D eigenvalue weighted by molar-refractivity contribution is -0.126. The van der Waals surface area contributed by atoms with Crippen molar-refractivity contribution in [3.05, 3.63) is 53.5 Å². The van der Waals surface area contributed by atoms with Crippen molar-refractivity contribution in [2.45, 2.75) is 56.9 Å². The topological polar surface area (TPSA) is 82.9 Å². The highest BCUT2D eigenvalue weighted by Gasteiger charge is 2.33. The van der Waals surface area contributed by atoms with Gasteiger partial charge in [-0.05, 0) is 88.0 Å². The summed E-state index contributed by atoms with van der Waals surface area (Å²) in [6.07, 6.45) is 6.32. The maximum atomic E-state index is 13.1. The molecule has 1 unspecified atom stereocenters. The highest BCUT2D eigenvalue weighted by atomic mass is 32.2. The van der Waals surface area contributed by atoms with E-state index in [4.69, 9.17) is 4.42 Å². The Morgan fingerprint density at radius 1 is 1.06 bits per heavy atom.